The van der Waals surface area contributed by atoms with E-state index in [0.29, 0.717) is 26.6 Å². The van der Waals surface area contributed by atoms with Gasteiger partial charge in [0.05, 0.1) is 15.6 Å². The summed E-state index contributed by atoms with van der Waals surface area (Å²) in [4.78, 5) is 6.74. The summed E-state index contributed by atoms with van der Waals surface area (Å²) in [5, 5.41) is 7.01. The zero-order valence-electron chi connectivity index (χ0n) is 16.2. The first-order chi connectivity index (χ1) is 14.0. The molecule has 0 amide bonds. The van der Waals surface area contributed by atoms with Crippen LogP contribution in [0.15, 0.2) is 42.6 Å². The van der Waals surface area contributed by atoms with Crippen molar-refractivity contribution in [3.63, 3.8) is 0 Å². The summed E-state index contributed by atoms with van der Waals surface area (Å²) in [6.07, 6.45) is 3.83. The molecule has 0 saturated heterocycles. The monoisotopic (exact) mass is 469 g/mol. The van der Waals surface area contributed by atoms with E-state index in [1.54, 1.807) is 18.3 Å². The zero-order chi connectivity index (χ0) is 20.8. The van der Waals surface area contributed by atoms with Gasteiger partial charge >= 0.3 is 0 Å². The predicted molar refractivity (Wildman–Crippen MR) is 127 cm³/mol. The van der Waals surface area contributed by atoms with Crippen molar-refractivity contribution in [1.29, 1.82) is 0 Å². The van der Waals surface area contributed by atoms with Crippen LogP contribution in [0, 0.1) is 0 Å². The first kappa shape index (κ1) is 22.5. The van der Waals surface area contributed by atoms with Crippen molar-refractivity contribution in [2.75, 3.05) is 25.0 Å². The van der Waals surface area contributed by atoms with Gasteiger partial charge < -0.3 is 5.32 Å². The van der Waals surface area contributed by atoms with E-state index >= 15 is 0 Å². The molecule has 29 heavy (non-hydrogen) atoms. The zero-order valence-corrected chi connectivity index (χ0v) is 19.2. The molecule has 0 aliphatic carbocycles. The van der Waals surface area contributed by atoms with Gasteiger partial charge in [-0.1, -0.05) is 53.3 Å². The van der Waals surface area contributed by atoms with Crippen LogP contribution in [0.25, 0.3) is 10.9 Å². The second kappa shape index (κ2) is 10.7. The molecule has 7 heteroatoms. The Labute approximate surface area is 191 Å². The lowest BCUT2D eigenvalue weighted by Gasteiger charge is -2.23. The summed E-state index contributed by atoms with van der Waals surface area (Å²) in [6.45, 7) is 5.59. The normalized spacial score (nSPS) is 11.4. The quantitative estimate of drug-likeness (QED) is 0.258. The average Bonchev–Trinajstić information content (AvgIpc) is 2.71. The van der Waals surface area contributed by atoms with Gasteiger partial charge in [-0.05, 0) is 55.8 Å². The Bertz CT molecular complexity index is 978. The number of nitrogens with one attached hydrogen (secondary N) is 1. The molecular formula is C22H23Cl4N3. The lowest BCUT2D eigenvalue weighted by molar-refractivity contribution is 0.265. The summed E-state index contributed by atoms with van der Waals surface area (Å²) < 4.78 is 0. The molecule has 1 aromatic heterocycles. The molecule has 3 nitrogen and oxygen atoms in total. The van der Waals surface area contributed by atoms with E-state index < -0.39 is 0 Å². The van der Waals surface area contributed by atoms with Crippen LogP contribution < -0.4 is 5.32 Å². The van der Waals surface area contributed by atoms with Crippen molar-refractivity contribution in [2.45, 2.75) is 26.3 Å². The fraction of sp³-hybridized carbons (Fsp3) is 0.318. The van der Waals surface area contributed by atoms with Crippen LogP contribution in [0.5, 0.6) is 0 Å². The molecule has 0 fully saturated rings. The number of rotatable bonds is 9. The fourth-order valence-electron chi connectivity index (χ4n) is 3.32. The molecule has 1 N–H and O–H groups in total. The topological polar surface area (TPSA) is 28.2 Å². The molecule has 0 aliphatic heterocycles. The highest BCUT2D eigenvalue weighted by atomic mass is 35.5. The minimum absolute atomic E-state index is 0.536. The second-order valence-electron chi connectivity index (χ2n) is 6.90. The Morgan fingerprint density at radius 2 is 1.76 bits per heavy atom. The number of anilines is 1. The predicted octanol–water partition coefficient (Wildman–Crippen LogP) is 7.56. The van der Waals surface area contributed by atoms with Gasteiger partial charge in [-0.2, -0.15) is 0 Å². The third-order valence-electron chi connectivity index (χ3n) is 4.73. The van der Waals surface area contributed by atoms with Crippen molar-refractivity contribution < 1.29 is 0 Å². The van der Waals surface area contributed by atoms with Gasteiger partial charge in [-0.25, -0.2) is 0 Å². The van der Waals surface area contributed by atoms with Gasteiger partial charge in [0, 0.05) is 52.5 Å². The molecule has 2 aromatic carbocycles. The number of hydrogen-bond acceptors (Lipinski definition) is 3. The van der Waals surface area contributed by atoms with Gasteiger partial charge in [-0.3, -0.25) is 9.88 Å². The Balaban J connectivity index is 1.60. The first-order valence-electron chi connectivity index (χ1n) is 9.62. The van der Waals surface area contributed by atoms with Crippen molar-refractivity contribution >= 4 is 63.0 Å². The van der Waals surface area contributed by atoms with Gasteiger partial charge in [0.2, 0.25) is 0 Å². The Morgan fingerprint density at radius 3 is 2.55 bits per heavy atom. The van der Waals surface area contributed by atoms with E-state index in [1.165, 1.54) is 0 Å². The van der Waals surface area contributed by atoms with Crippen molar-refractivity contribution in [3.05, 3.63) is 68.2 Å². The van der Waals surface area contributed by atoms with Crippen LogP contribution in [-0.2, 0) is 6.54 Å². The lowest BCUT2D eigenvalue weighted by Crippen LogP contribution is -2.27. The number of aromatic nitrogens is 1. The maximum atomic E-state index is 6.38. The maximum Gasteiger partial charge on any atom is 0.0737 e. The largest absolute Gasteiger partial charge is 0.384 e. The summed E-state index contributed by atoms with van der Waals surface area (Å²) in [7, 11) is 0. The minimum atomic E-state index is 0.536. The molecule has 0 aliphatic rings. The number of hydrogen-bond donors (Lipinski definition) is 1. The van der Waals surface area contributed by atoms with E-state index in [0.717, 1.165) is 54.6 Å². The number of nitrogens with zero attached hydrogens (tertiary/aromatic N) is 2. The van der Waals surface area contributed by atoms with Crippen molar-refractivity contribution in [1.82, 2.24) is 9.88 Å². The lowest BCUT2D eigenvalue weighted by atomic mass is 10.2. The van der Waals surface area contributed by atoms with E-state index in [4.69, 9.17) is 46.4 Å². The summed E-state index contributed by atoms with van der Waals surface area (Å²) in [5.74, 6) is 0. The molecule has 0 radical (unpaired) electrons. The molecule has 3 rings (SSSR count). The molecule has 3 aromatic rings. The van der Waals surface area contributed by atoms with Crippen LogP contribution in [0.3, 0.4) is 0 Å². The molecule has 1 heterocycles. The molecule has 0 atom stereocenters. The molecule has 154 valence electrons. The number of fused-ring (bicyclic) bond motifs is 1. The standard InChI is InChI=1S/C22H23Cl4N3/c1-2-11-29(14-17-18(24)6-7-19(25)22(17)26)12-3-9-27-20-8-10-28-21-13-15(23)4-5-16(20)21/h4-8,10,13H,2-3,9,11-12,14H2,1H3,(H,27,28). The molecular weight excluding hydrogens is 448 g/mol. The van der Waals surface area contributed by atoms with Crippen LogP contribution in [0.1, 0.15) is 25.3 Å². The Kier molecular flexibility index (Phi) is 8.28. The van der Waals surface area contributed by atoms with E-state index in [9.17, 15) is 0 Å². The SMILES string of the molecule is CCCN(CCCNc1ccnc2cc(Cl)ccc12)Cc1c(Cl)ccc(Cl)c1Cl. The molecule has 0 unspecified atom stereocenters. The number of halogens is 4. The second-order valence-corrected chi connectivity index (χ2v) is 8.53. The highest BCUT2D eigenvalue weighted by Crippen LogP contribution is 2.32. The fourth-order valence-corrected chi connectivity index (χ4v) is 4.16. The number of benzene rings is 2. The average molecular weight is 471 g/mol. The van der Waals surface area contributed by atoms with Crippen molar-refractivity contribution in [2.24, 2.45) is 0 Å². The van der Waals surface area contributed by atoms with Crippen LogP contribution >= 0.6 is 46.4 Å². The van der Waals surface area contributed by atoms with Gasteiger partial charge in [0.25, 0.3) is 0 Å². The van der Waals surface area contributed by atoms with E-state index in [-0.39, 0.29) is 0 Å². The van der Waals surface area contributed by atoms with Gasteiger partial charge in [0.15, 0.2) is 0 Å². The van der Waals surface area contributed by atoms with Crippen LogP contribution in [-0.4, -0.2) is 29.5 Å². The Morgan fingerprint density at radius 1 is 0.966 bits per heavy atom. The third-order valence-corrected chi connectivity index (χ3v) is 6.16. The molecule has 0 saturated carbocycles. The molecule has 0 spiro atoms. The summed E-state index contributed by atoms with van der Waals surface area (Å²) >= 11 is 25.0. The molecule has 0 bridgehead atoms. The minimum Gasteiger partial charge on any atom is -0.384 e. The van der Waals surface area contributed by atoms with Gasteiger partial charge in [0.1, 0.15) is 0 Å². The summed E-state index contributed by atoms with van der Waals surface area (Å²) in [6, 6.07) is 11.3. The van der Waals surface area contributed by atoms with Crippen LogP contribution in [0.4, 0.5) is 5.69 Å². The maximum absolute atomic E-state index is 6.38. The Hall–Kier alpha value is -1.23. The van der Waals surface area contributed by atoms with E-state index in [1.807, 2.05) is 24.3 Å². The number of pyridine rings is 1. The van der Waals surface area contributed by atoms with E-state index in [2.05, 4.69) is 22.1 Å². The summed E-state index contributed by atoms with van der Waals surface area (Å²) in [5.41, 5.74) is 2.84. The highest BCUT2D eigenvalue weighted by Gasteiger charge is 2.14. The highest BCUT2D eigenvalue weighted by molar-refractivity contribution is 6.44. The van der Waals surface area contributed by atoms with Crippen LogP contribution in [0.2, 0.25) is 20.1 Å². The smallest absolute Gasteiger partial charge is 0.0737 e. The van der Waals surface area contributed by atoms with Gasteiger partial charge in [-0.15, -0.1) is 0 Å². The first-order valence-corrected chi connectivity index (χ1v) is 11.1. The van der Waals surface area contributed by atoms with Crippen molar-refractivity contribution in [3.8, 4) is 0 Å². The third kappa shape index (κ3) is 5.90.